The summed E-state index contributed by atoms with van der Waals surface area (Å²) in [6.45, 7) is 3.59. The monoisotopic (exact) mass is 464 g/mol. The predicted octanol–water partition coefficient (Wildman–Crippen LogP) is 4.26. The van der Waals surface area contributed by atoms with E-state index in [-0.39, 0.29) is 12.5 Å². The number of carbonyl (C=O) groups excluding carboxylic acids is 2. The molecule has 3 rings (SSSR count). The molecule has 1 N–H and O–H groups in total. The molecular formula is C26H28N2O6. The summed E-state index contributed by atoms with van der Waals surface area (Å²) in [5.74, 6) is 0.756. The van der Waals surface area contributed by atoms with Crippen molar-refractivity contribution in [2.45, 2.75) is 26.5 Å². The summed E-state index contributed by atoms with van der Waals surface area (Å²) in [6, 6.07) is 13.7. The van der Waals surface area contributed by atoms with Gasteiger partial charge in [-0.2, -0.15) is 0 Å². The lowest BCUT2D eigenvalue weighted by Crippen LogP contribution is -2.44. The van der Waals surface area contributed by atoms with Crippen molar-refractivity contribution in [3.05, 3.63) is 72.1 Å². The first-order valence-electron chi connectivity index (χ1n) is 10.8. The summed E-state index contributed by atoms with van der Waals surface area (Å²) in [7, 11) is 3.18. The molecule has 0 spiro atoms. The van der Waals surface area contributed by atoms with Crippen molar-refractivity contribution >= 4 is 18.0 Å². The lowest BCUT2D eigenvalue weighted by atomic mass is 10.0. The largest absolute Gasteiger partial charge is 0.497 e. The van der Waals surface area contributed by atoms with E-state index in [2.05, 4.69) is 10.3 Å². The number of amides is 1. The van der Waals surface area contributed by atoms with Gasteiger partial charge in [0.05, 0.1) is 14.2 Å². The Hall–Kier alpha value is -4.07. The quantitative estimate of drug-likeness (QED) is 0.354. The second kappa shape index (κ2) is 11.7. The fourth-order valence-corrected chi connectivity index (χ4v) is 3.06. The van der Waals surface area contributed by atoms with Gasteiger partial charge in [0, 0.05) is 11.6 Å². The van der Waals surface area contributed by atoms with E-state index in [0.717, 1.165) is 22.6 Å². The van der Waals surface area contributed by atoms with E-state index in [1.54, 1.807) is 44.6 Å². The molecule has 2 aromatic carbocycles. The molecule has 1 aromatic heterocycles. The van der Waals surface area contributed by atoms with Crippen LogP contribution in [0.5, 0.6) is 11.5 Å². The zero-order valence-electron chi connectivity index (χ0n) is 19.6. The van der Waals surface area contributed by atoms with E-state index in [1.807, 2.05) is 38.1 Å². The topological polar surface area (TPSA) is 99.9 Å². The summed E-state index contributed by atoms with van der Waals surface area (Å²) in [5.41, 5.74) is 2.07. The van der Waals surface area contributed by atoms with Crippen LogP contribution in [0.1, 0.15) is 25.1 Å². The normalized spacial score (nSPS) is 11.9. The number of oxazole rings is 1. The lowest BCUT2D eigenvalue weighted by Gasteiger charge is -2.19. The Labute approximate surface area is 198 Å². The third kappa shape index (κ3) is 6.71. The highest BCUT2D eigenvalue weighted by Crippen LogP contribution is 2.22. The molecule has 0 saturated heterocycles. The molecule has 0 saturated carbocycles. The van der Waals surface area contributed by atoms with E-state index < -0.39 is 17.9 Å². The molecule has 178 valence electrons. The molecule has 0 bridgehead atoms. The van der Waals surface area contributed by atoms with E-state index in [1.165, 1.54) is 12.3 Å². The number of benzene rings is 2. The van der Waals surface area contributed by atoms with Gasteiger partial charge in [0.25, 0.3) is 0 Å². The zero-order chi connectivity index (χ0) is 24.5. The lowest BCUT2D eigenvalue weighted by molar-refractivity contribution is -0.150. The second-order valence-electron chi connectivity index (χ2n) is 7.82. The van der Waals surface area contributed by atoms with Crippen LogP contribution in [0.3, 0.4) is 0 Å². The molecule has 0 radical (unpaired) electrons. The van der Waals surface area contributed by atoms with Crippen LogP contribution in [0.15, 0.2) is 65.3 Å². The number of aromatic nitrogens is 1. The van der Waals surface area contributed by atoms with Gasteiger partial charge in [0.15, 0.2) is 0 Å². The Kier molecular flexibility index (Phi) is 8.45. The number of methoxy groups -OCH3 is 2. The van der Waals surface area contributed by atoms with Gasteiger partial charge in [-0.1, -0.05) is 26.0 Å². The number of nitrogens with one attached hydrogen (secondary N) is 1. The van der Waals surface area contributed by atoms with Crippen LogP contribution in [-0.2, 0) is 20.9 Å². The number of hydrogen-bond donors (Lipinski definition) is 1. The Bertz CT molecular complexity index is 1120. The zero-order valence-corrected chi connectivity index (χ0v) is 19.6. The van der Waals surface area contributed by atoms with Gasteiger partial charge in [0.1, 0.15) is 36.1 Å². The van der Waals surface area contributed by atoms with Gasteiger partial charge in [-0.3, -0.25) is 4.79 Å². The van der Waals surface area contributed by atoms with E-state index in [0.29, 0.717) is 11.6 Å². The minimum absolute atomic E-state index is 0.0702. The molecule has 1 heterocycles. The van der Waals surface area contributed by atoms with Gasteiger partial charge in [-0.25, -0.2) is 9.78 Å². The highest BCUT2D eigenvalue weighted by molar-refractivity contribution is 5.94. The van der Waals surface area contributed by atoms with Crippen LogP contribution in [0, 0.1) is 5.92 Å². The Morgan fingerprint density at radius 3 is 2.21 bits per heavy atom. The molecule has 8 heteroatoms. The van der Waals surface area contributed by atoms with Gasteiger partial charge >= 0.3 is 5.97 Å². The van der Waals surface area contributed by atoms with Crippen molar-refractivity contribution in [1.29, 1.82) is 0 Å². The Balaban J connectivity index is 1.55. The maximum Gasteiger partial charge on any atom is 0.329 e. The van der Waals surface area contributed by atoms with Crippen molar-refractivity contribution in [1.82, 2.24) is 10.3 Å². The SMILES string of the molecule is COc1ccc(C=CC(=O)NC(C(=O)OCc2coc(-c3ccc(OC)cc3)n2)C(C)C)cc1. The summed E-state index contributed by atoms with van der Waals surface area (Å²) in [5, 5.41) is 2.71. The fraction of sp³-hybridized carbons (Fsp3) is 0.269. The van der Waals surface area contributed by atoms with Gasteiger partial charge < -0.3 is 23.9 Å². The van der Waals surface area contributed by atoms with Crippen molar-refractivity contribution < 1.29 is 28.2 Å². The number of hydrogen-bond acceptors (Lipinski definition) is 7. The number of rotatable bonds is 10. The Morgan fingerprint density at radius 2 is 1.62 bits per heavy atom. The maximum atomic E-state index is 12.6. The smallest absolute Gasteiger partial charge is 0.329 e. The molecule has 3 aromatic rings. The molecule has 8 nitrogen and oxygen atoms in total. The van der Waals surface area contributed by atoms with Crippen LogP contribution in [0.2, 0.25) is 0 Å². The van der Waals surface area contributed by atoms with Crippen LogP contribution in [0.25, 0.3) is 17.5 Å². The second-order valence-corrected chi connectivity index (χ2v) is 7.82. The number of nitrogens with zero attached hydrogens (tertiary/aromatic N) is 1. The van der Waals surface area contributed by atoms with Crippen LogP contribution in [-0.4, -0.2) is 37.1 Å². The summed E-state index contributed by atoms with van der Waals surface area (Å²) >= 11 is 0. The van der Waals surface area contributed by atoms with Crippen molar-refractivity contribution in [2.24, 2.45) is 5.92 Å². The summed E-state index contributed by atoms with van der Waals surface area (Å²) < 4.78 is 21.1. The Morgan fingerprint density at radius 1 is 1.00 bits per heavy atom. The predicted molar refractivity (Wildman–Crippen MR) is 127 cm³/mol. The molecule has 1 unspecified atom stereocenters. The van der Waals surface area contributed by atoms with Gasteiger partial charge in [-0.05, 0) is 54.0 Å². The van der Waals surface area contributed by atoms with Crippen molar-refractivity contribution in [2.75, 3.05) is 14.2 Å². The first-order chi connectivity index (χ1) is 16.4. The third-order valence-corrected chi connectivity index (χ3v) is 5.01. The molecule has 0 aliphatic carbocycles. The molecule has 0 aliphatic heterocycles. The molecule has 0 aliphatic rings. The average Bonchev–Trinajstić information content (AvgIpc) is 3.34. The minimum atomic E-state index is -0.805. The van der Waals surface area contributed by atoms with Crippen LogP contribution < -0.4 is 14.8 Å². The average molecular weight is 465 g/mol. The standard InChI is InChI=1S/C26H28N2O6/c1-17(2)24(28-23(29)14-7-18-5-10-21(31-3)11-6-18)26(30)34-16-20-15-33-25(27-20)19-8-12-22(32-4)13-9-19/h5-15,17,24H,16H2,1-4H3,(H,28,29). The highest BCUT2D eigenvalue weighted by Gasteiger charge is 2.25. The number of esters is 1. The van der Waals surface area contributed by atoms with Crippen LogP contribution in [0.4, 0.5) is 0 Å². The first kappa shape index (κ1) is 24.6. The summed E-state index contributed by atoms with van der Waals surface area (Å²) in [4.78, 5) is 29.4. The fourth-order valence-electron chi connectivity index (χ4n) is 3.06. The van der Waals surface area contributed by atoms with E-state index in [4.69, 9.17) is 18.6 Å². The van der Waals surface area contributed by atoms with Crippen molar-refractivity contribution in [3.8, 4) is 23.0 Å². The van der Waals surface area contributed by atoms with E-state index in [9.17, 15) is 9.59 Å². The number of ether oxygens (including phenoxy) is 3. The first-order valence-corrected chi connectivity index (χ1v) is 10.8. The third-order valence-electron chi connectivity index (χ3n) is 5.01. The van der Waals surface area contributed by atoms with Gasteiger partial charge in [-0.15, -0.1) is 0 Å². The molecule has 34 heavy (non-hydrogen) atoms. The van der Waals surface area contributed by atoms with Gasteiger partial charge in [0.2, 0.25) is 11.8 Å². The van der Waals surface area contributed by atoms with E-state index >= 15 is 0 Å². The molecule has 1 atom stereocenters. The molecule has 1 amide bonds. The highest BCUT2D eigenvalue weighted by atomic mass is 16.5. The minimum Gasteiger partial charge on any atom is -0.497 e. The molecule has 0 fully saturated rings. The van der Waals surface area contributed by atoms with Crippen LogP contribution >= 0.6 is 0 Å². The maximum absolute atomic E-state index is 12.6. The molecular weight excluding hydrogens is 436 g/mol. The summed E-state index contributed by atoms with van der Waals surface area (Å²) in [6.07, 6.45) is 4.48. The van der Waals surface area contributed by atoms with Crippen molar-refractivity contribution in [3.63, 3.8) is 0 Å². The number of carbonyl (C=O) groups is 2.